The fourth-order valence-corrected chi connectivity index (χ4v) is 2.27. The molecule has 21 heavy (non-hydrogen) atoms. The lowest BCUT2D eigenvalue weighted by Gasteiger charge is -2.37. The second-order valence-corrected chi connectivity index (χ2v) is 5.19. The molecular weight excluding hydrogens is 285 g/mol. The van der Waals surface area contributed by atoms with Crippen LogP contribution in [0.5, 0.6) is 0 Å². The van der Waals surface area contributed by atoms with E-state index in [4.69, 9.17) is 5.84 Å². The molecule has 6 nitrogen and oxygen atoms in total. The highest BCUT2D eigenvalue weighted by atomic mass is 19.4. The molecule has 0 saturated carbocycles. The Labute approximate surface area is 121 Å². The minimum atomic E-state index is -4.52. The highest BCUT2D eigenvalue weighted by molar-refractivity contribution is 5.45. The van der Waals surface area contributed by atoms with E-state index in [1.807, 2.05) is 4.90 Å². The van der Waals surface area contributed by atoms with E-state index in [1.165, 1.54) is 0 Å². The summed E-state index contributed by atoms with van der Waals surface area (Å²) in [5.41, 5.74) is 1.09. The van der Waals surface area contributed by atoms with Crippen LogP contribution in [0, 0.1) is 0 Å². The fraction of sp³-hybridized carbons (Fsp3) is 0.667. The molecule has 1 aliphatic heterocycles. The molecular formula is C12H19F3N6. The maximum Gasteiger partial charge on any atom is 0.433 e. The van der Waals surface area contributed by atoms with Crippen LogP contribution in [0.15, 0.2) is 6.07 Å². The molecule has 0 aliphatic carbocycles. The van der Waals surface area contributed by atoms with E-state index in [9.17, 15) is 13.2 Å². The monoisotopic (exact) mass is 304 g/mol. The van der Waals surface area contributed by atoms with Crippen LogP contribution < -0.4 is 16.2 Å². The van der Waals surface area contributed by atoms with Gasteiger partial charge >= 0.3 is 6.18 Å². The average Bonchev–Trinajstić information content (AvgIpc) is 2.46. The van der Waals surface area contributed by atoms with Crippen LogP contribution in [-0.4, -0.2) is 47.1 Å². The van der Waals surface area contributed by atoms with Crippen LogP contribution >= 0.6 is 0 Å². The zero-order valence-electron chi connectivity index (χ0n) is 12.0. The Morgan fingerprint density at radius 3 is 2.29 bits per heavy atom. The first-order valence-corrected chi connectivity index (χ1v) is 6.73. The molecule has 0 unspecified atom stereocenters. The topological polar surface area (TPSA) is 70.3 Å². The summed E-state index contributed by atoms with van der Waals surface area (Å²) in [4.78, 5) is 11.5. The lowest BCUT2D eigenvalue weighted by Crippen LogP contribution is -2.49. The highest BCUT2D eigenvalue weighted by Crippen LogP contribution is 2.30. The van der Waals surface area contributed by atoms with Gasteiger partial charge in [-0.1, -0.05) is 0 Å². The van der Waals surface area contributed by atoms with Gasteiger partial charge in [-0.05, 0) is 13.8 Å². The van der Waals surface area contributed by atoms with E-state index in [1.54, 1.807) is 0 Å². The van der Waals surface area contributed by atoms with Crippen molar-refractivity contribution >= 4 is 11.8 Å². The van der Waals surface area contributed by atoms with Crippen molar-refractivity contribution in [3.63, 3.8) is 0 Å². The standard InChI is InChI=1S/C12H19F3N6/c1-8(2)20-3-5-21(6-4-20)10-7-9(12(13,14)15)17-11(18-10)19-16/h7-8H,3-6,16H2,1-2H3,(H,17,18,19). The average molecular weight is 304 g/mol. The molecule has 0 radical (unpaired) electrons. The number of alkyl halides is 3. The van der Waals surface area contributed by atoms with E-state index in [-0.39, 0.29) is 11.8 Å². The van der Waals surface area contributed by atoms with Crippen molar-refractivity contribution < 1.29 is 13.2 Å². The van der Waals surface area contributed by atoms with E-state index in [0.29, 0.717) is 19.1 Å². The van der Waals surface area contributed by atoms with Gasteiger partial charge in [-0.3, -0.25) is 10.3 Å². The molecule has 1 saturated heterocycles. The van der Waals surface area contributed by atoms with E-state index >= 15 is 0 Å². The summed E-state index contributed by atoms with van der Waals surface area (Å²) >= 11 is 0. The van der Waals surface area contributed by atoms with Crippen LogP contribution in [0.4, 0.5) is 24.9 Å². The first-order valence-electron chi connectivity index (χ1n) is 6.73. The molecule has 0 bridgehead atoms. The smallest absolute Gasteiger partial charge is 0.354 e. The van der Waals surface area contributed by atoms with Crippen molar-refractivity contribution in [1.29, 1.82) is 0 Å². The second-order valence-electron chi connectivity index (χ2n) is 5.19. The molecule has 9 heteroatoms. The highest BCUT2D eigenvalue weighted by Gasteiger charge is 2.34. The molecule has 1 aromatic heterocycles. The molecule has 0 aromatic carbocycles. The van der Waals surface area contributed by atoms with Crippen LogP contribution in [0.25, 0.3) is 0 Å². The lowest BCUT2D eigenvalue weighted by molar-refractivity contribution is -0.141. The number of halogens is 3. The Balaban J connectivity index is 2.20. The third-order valence-electron chi connectivity index (χ3n) is 3.50. The zero-order valence-corrected chi connectivity index (χ0v) is 12.0. The van der Waals surface area contributed by atoms with Crippen LogP contribution in [0.2, 0.25) is 0 Å². The fourth-order valence-electron chi connectivity index (χ4n) is 2.27. The summed E-state index contributed by atoms with van der Waals surface area (Å²) in [6.45, 7) is 7.01. The number of hydrogen-bond donors (Lipinski definition) is 2. The number of anilines is 2. The van der Waals surface area contributed by atoms with Crippen molar-refractivity contribution in [2.75, 3.05) is 36.5 Å². The molecule has 0 amide bonds. The Hall–Kier alpha value is -1.61. The van der Waals surface area contributed by atoms with Gasteiger partial charge in [-0.15, -0.1) is 0 Å². The SMILES string of the molecule is CC(C)N1CCN(c2cc(C(F)(F)F)nc(NN)n2)CC1. The summed E-state index contributed by atoms with van der Waals surface area (Å²) in [6, 6.07) is 1.39. The van der Waals surface area contributed by atoms with Gasteiger partial charge in [0.25, 0.3) is 0 Å². The van der Waals surface area contributed by atoms with Gasteiger partial charge < -0.3 is 4.90 Å². The second kappa shape index (κ2) is 6.02. The first-order chi connectivity index (χ1) is 9.81. The maximum atomic E-state index is 12.8. The van der Waals surface area contributed by atoms with E-state index < -0.39 is 11.9 Å². The molecule has 2 rings (SSSR count). The minimum Gasteiger partial charge on any atom is -0.354 e. The number of nitrogen functional groups attached to an aromatic ring is 1. The largest absolute Gasteiger partial charge is 0.433 e. The summed E-state index contributed by atoms with van der Waals surface area (Å²) in [7, 11) is 0. The van der Waals surface area contributed by atoms with Gasteiger partial charge in [0.15, 0.2) is 5.69 Å². The molecule has 0 spiro atoms. The summed E-state index contributed by atoms with van der Waals surface area (Å²) in [5, 5.41) is 0. The third kappa shape index (κ3) is 3.73. The van der Waals surface area contributed by atoms with Crippen molar-refractivity contribution in [2.45, 2.75) is 26.1 Å². The minimum absolute atomic E-state index is 0.230. The molecule has 118 valence electrons. The van der Waals surface area contributed by atoms with E-state index in [2.05, 4.69) is 34.1 Å². The number of hydrogen-bond acceptors (Lipinski definition) is 6. The van der Waals surface area contributed by atoms with Crippen LogP contribution in [0.3, 0.4) is 0 Å². The predicted molar refractivity (Wildman–Crippen MR) is 73.8 cm³/mol. The van der Waals surface area contributed by atoms with Crippen molar-refractivity contribution in [3.8, 4) is 0 Å². The van der Waals surface area contributed by atoms with Gasteiger partial charge in [0.05, 0.1) is 0 Å². The Bertz CT molecular complexity index is 482. The van der Waals surface area contributed by atoms with Crippen LogP contribution in [0.1, 0.15) is 19.5 Å². The van der Waals surface area contributed by atoms with Crippen molar-refractivity contribution in [3.05, 3.63) is 11.8 Å². The molecule has 0 atom stereocenters. The predicted octanol–water partition coefficient (Wildman–Crippen LogP) is 1.31. The number of nitrogens with one attached hydrogen (secondary N) is 1. The quantitative estimate of drug-likeness (QED) is 0.648. The number of nitrogens with two attached hydrogens (primary N) is 1. The summed E-state index contributed by atoms with van der Waals surface area (Å²) in [5.74, 6) is 5.17. The van der Waals surface area contributed by atoms with Gasteiger partial charge in [0, 0.05) is 38.3 Å². The molecule has 1 aliphatic rings. The molecule has 1 aromatic rings. The molecule has 2 heterocycles. The number of aromatic nitrogens is 2. The lowest BCUT2D eigenvalue weighted by atomic mass is 10.2. The van der Waals surface area contributed by atoms with E-state index in [0.717, 1.165) is 19.2 Å². The van der Waals surface area contributed by atoms with Crippen molar-refractivity contribution in [2.24, 2.45) is 5.84 Å². The maximum absolute atomic E-state index is 12.8. The summed E-state index contributed by atoms with van der Waals surface area (Å²) in [6.07, 6.45) is -4.52. The number of piperazine rings is 1. The number of rotatable bonds is 3. The molecule has 3 N–H and O–H groups in total. The van der Waals surface area contributed by atoms with Crippen molar-refractivity contribution in [1.82, 2.24) is 14.9 Å². The first kappa shape index (κ1) is 15.8. The number of hydrazine groups is 1. The Kier molecular flexibility index (Phi) is 4.52. The third-order valence-corrected chi connectivity index (χ3v) is 3.50. The van der Waals surface area contributed by atoms with Gasteiger partial charge in [0.1, 0.15) is 5.82 Å². The van der Waals surface area contributed by atoms with Crippen LogP contribution in [-0.2, 0) is 6.18 Å². The molecule has 1 fully saturated rings. The number of nitrogens with zero attached hydrogens (tertiary/aromatic N) is 4. The van der Waals surface area contributed by atoms with Gasteiger partial charge in [-0.2, -0.15) is 18.2 Å². The van der Waals surface area contributed by atoms with Gasteiger partial charge in [0.2, 0.25) is 5.95 Å². The Morgan fingerprint density at radius 1 is 1.19 bits per heavy atom. The Morgan fingerprint density at radius 2 is 1.81 bits per heavy atom. The zero-order chi connectivity index (χ0) is 15.6. The normalized spacial score (nSPS) is 17.4. The van der Waals surface area contributed by atoms with Gasteiger partial charge in [-0.25, -0.2) is 10.8 Å². The summed E-state index contributed by atoms with van der Waals surface area (Å²) < 4.78 is 38.5.